The lowest BCUT2D eigenvalue weighted by atomic mass is 9.86. The van der Waals surface area contributed by atoms with E-state index < -0.39 is 0 Å². The molecule has 3 rings (SSSR count). The third kappa shape index (κ3) is 4.37. The number of rotatable bonds is 5. The molecule has 1 fully saturated rings. The lowest BCUT2D eigenvalue weighted by molar-refractivity contribution is -0.127. The second-order valence-electron chi connectivity index (χ2n) is 6.50. The number of pyridine rings is 1. The molecule has 0 radical (unpaired) electrons. The van der Waals surface area contributed by atoms with Crippen LogP contribution in [0.1, 0.15) is 42.9 Å². The van der Waals surface area contributed by atoms with Crippen molar-refractivity contribution >= 4 is 5.91 Å². The largest absolute Gasteiger partial charge is 0.497 e. The molecule has 5 nitrogen and oxygen atoms in total. The highest BCUT2D eigenvalue weighted by Gasteiger charge is 2.27. The van der Waals surface area contributed by atoms with Crippen molar-refractivity contribution in [1.82, 2.24) is 10.3 Å². The van der Waals surface area contributed by atoms with Crippen LogP contribution < -0.4 is 10.1 Å². The van der Waals surface area contributed by atoms with Gasteiger partial charge in [-0.15, -0.1) is 0 Å². The van der Waals surface area contributed by atoms with Crippen molar-refractivity contribution in [3.05, 3.63) is 59.9 Å². The van der Waals surface area contributed by atoms with Gasteiger partial charge in [0.15, 0.2) is 0 Å². The number of aromatic nitrogens is 1. The quantitative estimate of drug-likeness (QED) is 0.878. The molecule has 2 N–H and O–H groups in total. The van der Waals surface area contributed by atoms with E-state index in [9.17, 15) is 9.90 Å². The Morgan fingerprint density at radius 1 is 1.08 bits per heavy atom. The molecule has 1 atom stereocenters. The average molecular weight is 340 g/mol. The van der Waals surface area contributed by atoms with Crippen molar-refractivity contribution in [2.75, 3.05) is 7.11 Å². The van der Waals surface area contributed by atoms with E-state index in [1.54, 1.807) is 19.5 Å². The van der Waals surface area contributed by atoms with Gasteiger partial charge in [-0.3, -0.25) is 9.78 Å². The number of ether oxygens (including phenoxy) is 1. The number of carbonyl (C=O) groups excluding carboxylic acids is 1. The fraction of sp³-hybridized carbons (Fsp3) is 0.400. The van der Waals surface area contributed by atoms with Crippen LogP contribution in [0.4, 0.5) is 0 Å². The van der Waals surface area contributed by atoms with Gasteiger partial charge in [-0.2, -0.15) is 0 Å². The Morgan fingerprint density at radius 3 is 2.28 bits per heavy atom. The molecule has 2 aromatic rings. The third-order valence-electron chi connectivity index (χ3n) is 4.84. The molecule has 1 aliphatic carbocycles. The summed E-state index contributed by atoms with van der Waals surface area (Å²) in [6.07, 6.45) is 6.06. The van der Waals surface area contributed by atoms with E-state index in [-0.39, 0.29) is 24.0 Å². The fourth-order valence-electron chi connectivity index (χ4n) is 3.31. The minimum absolute atomic E-state index is 0.0361. The molecule has 1 aliphatic rings. The number of nitrogens with zero attached hydrogens (tertiary/aromatic N) is 1. The van der Waals surface area contributed by atoms with Gasteiger partial charge >= 0.3 is 0 Å². The van der Waals surface area contributed by atoms with E-state index in [0.717, 1.165) is 29.7 Å². The second-order valence-corrected chi connectivity index (χ2v) is 6.50. The van der Waals surface area contributed by atoms with E-state index in [0.29, 0.717) is 12.8 Å². The molecule has 1 amide bonds. The van der Waals surface area contributed by atoms with Gasteiger partial charge in [0, 0.05) is 18.3 Å². The first-order valence-electron chi connectivity index (χ1n) is 8.69. The molecule has 25 heavy (non-hydrogen) atoms. The van der Waals surface area contributed by atoms with Crippen LogP contribution >= 0.6 is 0 Å². The molecule has 0 spiro atoms. The highest BCUT2D eigenvalue weighted by molar-refractivity contribution is 5.79. The summed E-state index contributed by atoms with van der Waals surface area (Å²) in [6, 6.07) is 11.3. The van der Waals surface area contributed by atoms with E-state index in [1.165, 1.54) is 0 Å². The predicted molar refractivity (Wildman–Crippen MR) is 95.2 cm³/mol. The summed E-state index contributed by atoms with van der Waals surface area (Å²) in [5.74, 6) is 0.792. The molecule has 1 heterocycles. The number of methoxy groups -OCH3 is 1. The van der Waals surface area contributed by atoms with Crippen molar-refractivity contribution in [2.45, 2.75) is 37.8 Å². The molecule has 132 valence electrons. The lowest BCUT2D eigenvalue weighted by Crippen LogP contribution is -2.37. The Balaban J connectivity index is 1.80. The molecule has 5 heteroatoms. The van der Waals surface area contributed by atoms with E-state index >= 15 is 0 Å². The van der Waals surface area contributed by atoms with Crippen LogP contribution in [0.2, 0.25) is 0 Å². The van der Waals surface area contributed by atoms with Crippen molar-refractivity contribution in [3.8, 4) is 5.75 Å². The summed E-state index contributed by atoms with van der Waals surface area (Å²) >= 11 is 0. The van der Waals surface area contributed by atoms with Crippen molar-refractivity contribution in [3.63, 3.8) is 0 Å². The van der Waals surface area contributed by atoms with Crippen LogP contribution in [0.15, 0.2) is 48.8 Å². The van der Waals surface area contributed by atoms with Gasteiger partial charge in [0.2, 0.25) is 5.91 Å². The maximum absolute atomic E-state index is 12.8. The summed E-state index contributed by atoms with van der Waals surface area (Å²) < 4.78 is 5.22. The number of nitrogens with one attached hydrogen (secondary N) is 1. The number of carbonyl (C=O) groups is 1. The van der Waals surface area contributed by atoms with Crippen LogP contribution in [0.25, 0.3) is 0 Å². The molecular formula is C20H24N2O3. The maximum atomic E-state index is 12.8. The zero-order chi connectivity index (χ0) is 17.6. The van der Waals surface area contributed by atoms with Gasteiger partial charge in [-0.05, 0) is 61.1 Å². The average Bonchev–Trinajstić information content (AvgIpc) is 2.67. The minimum atomic E-state index is -0.262. The fourth-order valence-corrected chi connectivity index (χ4v) is 3.31. The Labute approximate surface area is 148 Å². The van der Waals surface area contributed by atoms with E-state index in [4.69, 9.17) is 4.74 Å². The van der Waals surface area contributed by atoms with Gasteiger partial charge in [-0.25, -0.2) is 0 Å². The standard InChI is InChI=1S/C20H24N2O3/c1-25-18-8-4-14(5-9-18)19(15-10-12-21-13-11-15)22-20(24)16-2-6-17(23)7-3-16/h4-5,8-13,16-17,19,23H,2-3,6-7H2,1H3,(H,22,24). The Morgan fingerprint density at radius 2 is 1.68 bits per heavy atom. The molecule has 1 aromatic heterocycles. The number of amides is 1. The van der Waals surface area contributed by atoms with Gasteiger partial charge in [0.25, 0.3) is 0 Å². The van der Waals surface area contributed by atoms with Crippen LogP contribution in [-0.2, 0) is 4.79 Å². The molecule has 1 unspecified atom stereocenters. The normalized spacial score (nSPS) is 21.4. The summed E-state index contributed by atoms with van der Waals surface area (Å²) in [7, 11) is 1.63. The predicted octanol–water partition coefficient (Wildman–Crippen LogP) is 2.85. The van der Waals surface area contributed by atoms with Crippen LogP contribution in [0.5, 0.6) is 5.75 Å². The topological polar surface area (TPSA) is 71.5 Å². The monoisotopic (exact) mass is 340 g/mol. The van der Waals surface area contributed by atoms with Crippen molar-refractivity contribution in [2.24, 2.45) is 5.92 Å². The molecule has 0 aliphatic heterocycles. The zero-order valence-corrected chi connectivity index (χ0v) is 14.4. The van der Waals surface area contributed by atoms with Crippen LogP contribution in [0, 0.1) is 5.92 Å². The highest BCUT2D eigenvalue weighted by atomic mass is 16.5. The number of benzene rings is 1. The molecule has 1 aromatic carbocycles. The van der Waals surface area contributed by atoms with Crippen molar-refractivity contribution < 1.29 is 14.6 Å². The third-order valence-corrected chi connectivity index (χ3v) is 4.84. The Hall–Kier alpha value is -2.40. The summed E-state index contributed by atoms with van der Waals surface area (Å²) in [4.78, 5) is 16.8. The number of hydrogen-bond donors (Lipinski definition) is 2. The van der Waals surface area contributed by atoms with E-state index in [1.807, 2.05) is 36.4 Å². The van der Waals surface area contributed by atoms with Gasteiger partial charge in [0.1, 0.15) is 5.75 Å². The lowest BCUT2D eigenvalue weighted by Gasteiger charge is -2.27. The molecule has 0 saturated heterocycles. The van der Waals surface area contributed by atoms with Crippen molar-refractivity contribution in [1.29, 1.82) is 0 Å². The summed E-state index contributed by atoms with van der Waals surface area (Å²) in [5, 5.41) is 12.8. The smallest absolute Gasteiger partial charge is 0.223 e. The Bertz CT molecular complexity index is 680. The summed E-state index contributed by atoms with van der Waals surface area (Å²) in [6.45, 7) is 0. The highest BCUT2D eigenvalue weighted by Crippen LogP contribution is 2.28. The number of aliphatic hydroxyl groups excluding tert-OH is 1. The maximum Gasteiger partial charge on any atom is 0.223 e. The van der Waals surface area contributed by atoms with Crippen LogP contribution in [0.3, 0.4) is 0 Å². The Kier molecular flexibility index (Phi) is 5.66. The number of aliphatic hydroxyl groups is 1. The number of hydrogen-bond acceptors (Lipinski definition) is 4. The van der Waals surface area contributed by atoms with E-state index in [2.05, 4.69) is 10.3 Å². The van der Waals surface area contributed by atoms with Crippen LogP contribution in [-0.4, -0.2) is 29.2 Å². The first kappa shape index (κ1) is 17.4. The molecule has 0 bridgehead atoms. The zero-order valence-electron chi connectivity index (χ0n) is 14.4. The van der Waals surface area contributed by atoms with Gasteiger partial charge < -0.3 is 15.2 Å². The molecule has 1 saturated carbocycles. The van der Waals surface area contributed by atoms with Gasteiger partial charge in [0.05, 0.1) is 19.3 Å². The van der Waals surface area contributed by atoms with Gasteiger partial charge in [-0.1, -0.05) is 12.1 Å². The SMILES string of the molecule is COc1ccc(C(NC(=O)C2CCC(O)CC2)c2ccncc2)cc1. The molecular weight excluding hydrogens is 316 g/mol. The minimum Gasteiger partial charge on any atom is -0.497 e. The second kappa shape index (κ2) is 8.12. The summed E-state index contributed by atoms with van der Waals surface area (Å²) in [5.41, 5.74) is 1.99. The first-order chi connectivity index (χ1) is 12.2. The first-order valence-corrected chi connectivity index (χ1v) is 8.69.